The molecule has 0 atom stereocenters. The molecule has 9 heteroatoms. The number of nitrogens with one attached hydrogen (secondary N) is 1. The molecule has 2 aromatic carbocycles. The summed E-state index contributed by atoms with van der Waals surface area (Å²) in [6.45, 7) is 2.23. The minimum atomic E-state index is -0.551. The monoisotopic (exact) mass is 413 g/mol. The number of methoxy groups -OCH3 is 1. The number of esters is 1. The summed E-state index contributed by atoms with van der Waals surface area (Å²) in [6.07, 6.45) is 1.52. The van der Waals surface area contributed by atoms with Gasteiger partial charge in [0.2, 0.25) is 5.91 Å². The van der Waals surface area contributed by atoms with Crippen LogP contribution in [0.2, 0.25) is 0 Å². The molecule has 150 valence electrons. The van der Waals surface area contributed by atoms with Crippen LogP contribution < -0.4 is 19.5 Å². The molecule has 29 heavy (non-hydrogen) atoms. The first-order valence-electron chi connectivity index (χ1n) is 8.76. The number of benzene rings is 2. The fourth-order valence-corrected chi connectivity index (χ4v) is 3.08. The van der Waals surface area contributed by atoms with E-state index in [4.69, 9.17) is 14.2 Å². The van der Waals surface area contributed by atoms with Crippen molar-refractivity contribution in [2.24, 2.45) is 10.2 Å². The van der Waals surface area contributed by atoms with Gasteiger partial charge in [0.25, 0.3) is 0 Å². The van der Waals surface area contributed by atoms with Crippen LogP contribution in [0.4, 0.5) is 0 Å². The number of carbonyl (C=O) groups is 2. The zero-order valence-electron chi connectivity index (χ0n) is 15.9. The van der Waals surface area contributed by atoms with Crippen molar-refractivity contribution in [3.05, 3.63) is 53.6 Å². The summed E-state index contributed by atoms with van der Waals surface area (Å²) < 4.78 is 16.3. The molecule has 1 heterocycles. The third kappa shape index (κ3) is 5.35. The number of rotatable bonds is 7. The molecule has 0 radical (unpaired) electrons. The molecule has 1 fully saturated rings. The fraction of sp³-hybridized carbons (Fsp3) is 0.200. The Kier molecular flexibility index (Phi) is 6.85. The van der Waals surface area contributed by atoms with E-state index >= 15 is 0 Å². The highest BCUT2D eigenvalue weighted by Crippen LogP contribution is 2.30. The largest absolute Gasteiger partial charge is 0.496 e. The van der Waals surface area contributed by atoms with Gasteiger partial charge in [0, 0.05) is 0 Å². The van der Waals surface area contributed by atoms with Crippen molar-refractivity contribution in [2.45, 2.75) is 6.92 Å². The van der Waals surface area contributed by atoms with Gasteiger partial charge in [-0.05, 0) is 42.8 Å². The van der Waals surface area contributed by atoms with E-state index in [2.05, 4.69) is 15.5 Å². The van der Waals surface area contributed by atoms with Gasteiger partial charge in [0.1, 0.15) is 11.3 Å². The zero-order chi connectivity index (χ0) is 20.6. The second-order valence-corrected chi connectivity index (χ2v) is 6.68. The van der Waals surface area contributed by atoms with Gasteiger partial charge in [-0.1, -0.05) is 23.9 Å². The Balaban J connectivity index is 1.77. The van der Waals surface area contributed by atoms with Crippen molar-refractivity contribution < 1.29 is 23.8 Å². The van der Waals surface area contributed by atoms with Crippen LogP contribution >= 0.6 is 11.8 Å². The zero-order valence-corrected chi connectivity index (χ0v) is 16.7. The maximum atomic E-state index is 12.5. The summed E-state index contributed by atoms with van der Waals surface area (Å²) in [6, 6.07) is 11.9. The summed E-state index contributed by atoms with van der Waals surface area (Å²) in [7, 11) is 1.49. The average Bonchev–Trinajstić information content (AvgIpc) is 3.15. The van der Waals surface area contributed by atoms with Crippen LogP contribution in [0.25, 0.3) is 0 Å². The molecule has 8 nitrogen and oxygen atoms in total. The molecule has 0 aliphatic carbocycles. The van der Waals surface area contributed by atoms with Gasteiger partial charge in [-0.2, -0.15) is 5.10 Å². The van der Waals surface area contributed by atoms with Gasteiger partial charge < -0.3 is 19.5 Å². The first-order chi connectivity index (χ1) is 14.1. The van der Waals surface area contributed by atoms with Gasteiger partial charge in [0.05, 0.1) is 25.7 Å². The van der Waals surface area contributed by atoms with Crippen molar-refractivity contribution in [1.82, 2.24) is 5.32 Å². The topological polar surface area (TPSA) is 98.6 Å². The number of hydrogen-bond acceptors (Lipinski definition) is 8. The van der Waals surface area contributed by atoms with Crippen LogP contribution in [0.3, 0.4) is 0 Å². The molecule has 0 unspecified atom stereocenters. The van der Waals surface area contributed by atoms with E-state index in [0.717, 1.165) is 0 Å². The second-order valence-electron chi connectivity index (χ2n) is 5.72. The Morgan fingerprint density at radius 1 is 1.21 bits per heavy atom. The van der Waals surface area contributed by atoms with E-state index in [1.54, 1.807) is 42.5 Å². The van der Waals surface area contributed by atoms with Crippen LogP contribution in [0.5, 0.6) is 17.2 Å². The molecule has 1 aliphatic heterocycles. The Labute approximate surface area is 171 Å². The molecule has 1 N–H and O–H groups in total. The van der Waals surface area contributed by atoms with Gasteiger partial charge in [-0.3, -0.25) is 4.79 Å². The molecule has 0 spiro atoms. The van der Waals surface area contributed by atoms with Gasteiger partial charge in [-0.15, -0.1) is 5.10 Å². The minimum Gasteiger partial charge on any atom is -0.496 e. The van der Waals surface area contributed by atoms with Crippen LogP contribution in [0.15, 0.2) is 52.7 Å². The quantitative estimate of drug-likeness (QED) is 0.324. The molecular weight excluding hydrogens is 394 g/mol. The van der Waals surface area contributed by atoms with E-state index < -0.39 is 5.97 Å². The van der Waals surface area contributed by atoms with Gasteiger partial charge >= 0.3 is 5.97 Å². The first kappa shape index (κ1) is 20.4. The van der Waals surface area contributed by atoms with Crippen LogP contribution in [0, 0.1) is 0 Å². The molecule has 0 aromatic heterocycles. The Bertz CT molecular complexity index is 974. The highest BCUT2D eigenvalue weighted by Gasteiger charge is 2.17. The maximum Gasteiger partial charge on any atom is 0.347 e. The Morgan fingerprint density at radius 3 is 2.76 bits per heavy atom. The average molecular weight is 413 g/mol. The van der Waals surface area contributed by atoms with Crippen molar-refractivity contribution in [3.63, 3.8) is 0 Å². The molecule has 1 amide bonds. The van der Waals surface area contributed by atoms with Gasteiger partial charge in [0.15, 0.2) is 16.7 Å². The SMILES string of the molecule is CCOc1cc(C=NN=C2NC(=O)CS2)ccc1OC(=O)c1ccccc1OC. The smallest absolute Gasteiger partial charge is 0.347 e. The van der Waals surface area contributed by atoms with Crippen molar-refractivity contribution >= 4 is 35.0 Å². The number of hydrogen-bond donors (Lipinski definition) is 1. The predicted molar refractivity (Wildman–Crippen MR) is 111 cm³/mol. The van der Waals surface area contributed by atoms with Crippen molar-refractivity contribution in [3.8, 4) is 17.2 Å². The highest BCUT2D eigenvalue weighted by molar-refractivity contribution is 8.15. The van der Waals surface area contributed by atoms with Crippen molar-refractivity contribution in [1.29, 1.82) is 0 Å². The van der Waals surface area contributed by atoms with Gasteiger partial charge in [-0.25, -0.2) is 4.79 Å². The lowest BCUT2D eigenvalue weighted by atomic mass is 10.2. The van der Waals surface area contributed by atoms with E-state index in [1.165, 1.54) is 25.1 Å². The lowest BCUT2D eigenvalue weighted by molar-refractivity contribution is -0.116. The summed E-state index contributed by atoms with van der Waals surface area (Å²) in [5, 5.41) is 11.0. The molecule has 1 saturated heterocycles. The Morgan fingerprint density at radius 2 is 2.03 bits per heavy atom. The fourth-order valence-electron chi connectivity index (χ4n) is 2.45. The number of amides is 1. The Hall–Kier alpha value is -3.33. The van der Waals surface area contributed by atoms with Crippen LogP contribution in [-0.2, 0) is 4.79 Å². The molecular formula is C20H19N3O5S. The molecule has 1 aliphatic rings. The number of amidine groups is 1. The number of thioether (sulfide) groups is 1. The number of para-hydroxylation sites is 1. The van der Waals surface area contributed by atoms with E-state index in [-0.39, 0.29) is 11.7 Å². The molecule has 0 bridgehead atoms. The summed E-state index contributed by atoms with van der Waals surface area (Å²) in [5.41, 5.74) is 1.01. The third-order valence-electron chi connectivity index (χ3n) is 3.74. The number of ether oxygens (including phenoxy) is 3. The van der Waals surface area contributed by atoms with Crippen LogP contribution in [0.1, 0.15) is 22.8 Å². The highest BCUT2D eigenvalue weighted by atomic mass is 32.2. The van der Waals surface area contributed by atoms with E-state index in [1.807, 2.05) is 6.92 Å². The van der Waals surface area contributed by atoms with Crippen molar-refractivity contribution in [2.75, 3.05) is 19.5 Å². The van der Waals surface area contributed by atoms with E-state index in [0.29, 0.717) is 40.2 Å². The number of nitrogens with zero attached hydrogens (tertiary/aromatic N) is 2. The molecule has 0 saturated carbocycles. The lowest BCUT2D eigenvalue weighted by Crippen LogP contribution is -2.19. The lowest BCUT2D eigenvalue weighted by Gasteiger charge is -2.12. The third-order valence-corrected chi connectivity index (χ3v) is 4.60. The summed E-state index contributed by atoms with van der Waals surface area (Å²) in [4.78, 5) is 23.7. The summed E-state index contributed by atoms with van der Waals surface area (Å²) >= 11 is 1.29. The standard InChI is InChI=1S/C20H19N3O5S/c1-3-27-17-10-13(11-21-23-20-22-18(24)12-29-20)8-9-16(17)28-19(25)14-6-4-5-7-15(14)26-2/h4-11H,3,12H2,1-2H3,(H,22,23,24). The molecule has 3 rings (SSSR count). The maximum absolute atomic E-state index is 12.5. The minimum absolute atomic E-state index is 0.0937. The number of carbonyl (C=O) groups excluding carboxylic acids is 2. The second kappa shape index (κ2) is 9.74. The van der Waals surface area contributed by atoms with Crippen LogP contribution in [-0.4, -0.2) is 42.7 Å². The normalized spacial score (nSPS) is 14.8. The van der Waals surface area contributed by atoms with E-state index in [9.17, 15) is 9.59 Å². The molecule has 2 aromatic rings. The summed E-state index contributed by atoms with van der Waals surface area (Å²) in [5.74, 6) is 0.805. The first-order valence-corrected chi connectivity index (χ1v) is 9.75. The predicted octanol–water partition coefficient (Wildman–Crippen LogP) is 2.87.